The van der Waals surface area contributed by atoms with E-state index in [-0.39, 0.29) is 28.1 Å². The van der Waals surface area contributed by atoms with Crippen LogP contribution in [0.3, 0.4) is 0 Å². The van der Waals surface area contributed by atoms with Crippen LogP contribution in [-0.4, -0.2) is 28.9 Å². The van der Waals surface area contributed by atoms with Gasteiger partial charge in [0.15, 0.2) is 0 Å². The maximum atomic E-state index is 11.8. The summed E-state index contributed by atoms with van der Waals surface area (Å²) in [4.78, 5) is 21.9. The standard InChI is InChI=1S/C11H15N3O3S/c1-7(18-2)6-13-11(15)8-3-4-9(12)10(5-8)14(16)17/h3-5,7H,6,12H2,1-2H3,(H,13,15). The molecule has 98 valence electrons. The SMILES string of the molecule is CSC(C)CNC(=O)c1ccc(N)c([N+](=O)[O-])c1. The van der Waals surface area contributed by atoms with Crippen LogP contribution in [-0.2, 0) is 0 Å². The van der Waals surface area contributed by atoms with E-state index in [0.717, 1.165) is 0 Å². The number of nitro groups is 1. The predicted molar refractivity (Wildman–Crippen MR) is 72.8 cm³/mol. The van der Waals surface area contributed by atoms with Crippen LogP contribution in [0, 0.1) is 10.1 Å². The van der Waals surface area contributed by atoms with Crippen molar-refractivity contribution in [3.63, 3.8) is 0 Å². The molecule has 1 aromatic rings. The molecule has 0 aliphatic heterocycles. The number of benzene rings is 1. The maximum Gasteiger partial charge on any atom is 0.292 e. The Hall–Kier alpha value is -1.76. The van der Waals surface area contributed by atoms with Crippen LogP contribution in [0.5, 0.6) is 0 Å². The fraction of sp³-hybridized carbons (Fsp3) is 0.364. The van der Waals surface area contributed by atoms with Crippen molar-refractivity contribution >= 4 is 29.0 Å². The molecule has 0 bridgehead atoms. The summed E-state index contributed by atoms with van der Waals surface area (Å²) in [7, 11) is 0. The van der Waals surface area contributed by atoms with Crippen molar-refractivity contribution in [3.8, 4) is 0 Å². The highest BCUT2D eigenvalue weighted by atomic mass is 32.2. The van der Waals surface area contributed by atoms with Crippen LogP contribution in [0.25, 0.3) is 0 Å². The lowest BCUT2D eigenvalue weighted by Crippen LogP contribution is -2.29. The van der Waals surface area contributed by atoms with Gasteiger partial charge in [-0.2, -0.15) is 11.8 Å². The average Bonchev–Trinajstić information content (AvgIpc) is 2.35. The third kappa shape index (κ3) is 3.63. The number of anilines is 1. The summed E-state index contributed by atoms with van der Waals surface area (Å²) in [6.45, 7) is 2.49. The predicted octanol–water partition coefficient (Wildman–Crippen LogP) is 1.66. The van der Waals surface area contributed by atoms with Crippen LogP contribution >= 0.6 is 11.8 Å². The second kappa shape index (κ2) is 6.25. The van der Waals surface area contributed by atoms with Crippen molar-refractivity contribution in [2.24, 2.45) is 0 Å². The third-order valence-corrected chi connectivity index (χ3v) is 3.41. The smallest absolute Gasteiger partial charge is 0.292 e. The molecular formula is C11H15N3O3S. The van der Waals surface area contributed by atoms with Crippen molar-refractivity contribution in [1.29, 1.82) is 0 Å². The summed E-state index contributed by atoms with van der Waals surface area (Å²) in [5, 5.41) is 13.7. The first-order valence-corrected chi connectivity index (χ1v) is 6.59. The lowest BCUT2D eigenvalue weighted by Gasteiger charge is -2.10. The van der Waals surface area contributed by atoms with Gasteiger partial charge >= 0.3 is 0 Å². The average molecular weight is 269 g/mol. The molecular weight excluding hydrogens is 254 g/mol. The Morgan fingerprint density at radius 3 is 2.83 bits per heavy atom. The normalized spacial score (nSPS) is 11.9. The zero-order valence-corrected chi connectivity index (χ0v) is 11.0. The molecule has 0 aromatic heterocycles. The van der Waals surface area contributed by atoms with Gasteiger partial charge in [-0.1, -0.05) is 6.92 Å². The highest BCUT2D eigenvalue weighted by molar-refractivity contribution is 7.99. The molecule has 7 heteroatoms. The van der Waals surface area contributed by atoms with E-state index in [1.807, 2.05) is 13.2 Å². The van der Waals surface area contributed by atoms with E-state index in [0.29, 0.717) is 6.54 Å². The summed E-state index contributed by atoms with van der Waals surface area (Å²) in [6, 6.07) is 4.03. The number of thioether (sulfide) groups is 1. The van der Waals surface area contributed by atoms with Gasteiger partial charge in [-0.25, -0.2) is 0 Å². The van der Waals surface area contributed by atoms with Gasteiger partial charge in [0.2, 0.25) is 0 Å². The molecule has 0 heterocycles. The molecule has 1 unspecified atom stereocenters. The van der Waals surface area contributed by atoms with Crippen molar-refractivity contribution in [2.45, 2.75) is 12.2 Å². The first-order valence-electron chi connectivity index (χ1n) is 5.30. The van der Waals surface area contributed by atoms with E-state index in [1.54, 1.807) is 11.8 Å². The highest BCUT2D eigenvalue weighted by Crippen LogP contribution is 2.22. The number of amides is 1. The third-order valence-electron chi connectivity index (χ3n) is 2.44. The van der Waals surface area contributed by atoms with E-state index in [1.165, 1.54) is 18.2 Å². The molecule has 0 saturated carbocycles. The molecule has 1 aromatic carbocycles. The Morgan fingerprint density at radius 2 is 2.28 bits per heavy atom. The minimum Gasteiger partial charge on any atom is -0.393 e. The molecule has 1 atom stereocenters. The van der Waals surface area contributed by atoms with Crippen LogP contribution in [0.4, 0.5) is 11.4 Å². The molecule has 0 aliphatic carbocycles. The van der Waals surface area contributed by atoms with Gasteiger partial charge in [-0.15, -0.1) is 0 Å². The summed E-state index contributed by atoms with van der Waals surface area (Å²) in [5.41, 5.74) is 5.50. The number of carbonyl (C=O) groups excluding carboxylic acids is 1. The highest BCUT2D eigenvalue weighted by Gasteiger charge is 2.15. The number of nitro benzene ring substituents is 1. The van der Waals surface area contributed by atoms with Gasteiger partial charge in [0.25, 0.3) is 11.6 Å². The molecule has 0 fully saturated rings. The molecule has 1 amide bonds. The monoisotopic (exact) mass is 269 g/mol. The Morgan fingerprint density at radius 1 is 1.61 bits per heavy atom. The minimum atomic E-state index is -0.601. The number of nitrogens with one attached hydrogen (secondary N) is 1. The lowest BCUT2D eigenvalue weighted by molar-refractivity contribution is -0.383. The molecule has 6 nitrogen and oxygen atoms in total. The second-order valence-electron chi connectivity index (χ2n) is 3.79. The number of nitrogens with two attached hydrogens (primary N) is 1. The molecule has 1 rings (SSSR count). The van der Waals surface area contributed by atoms with Gasteiger partial charge in [0.05, 0.1) is 4.92 Å². The quantitative estimate of drug-likeness (QED) is 0.481. The number of nitrogens with zero attached hydrogens (tertiary/aromatic N) is 1. The zero-order chi connectivity index (χ0) is 13.7. The summed E-state index contributed by atoms with van der Waals surface area (Å²) in [5.74, 6) is -0.334. The second-order valence-corrected chi connectivity index (χ2v) is 5.06. The first-order chi connectivity index (χ1) is 8.45. The van der Waals surface area contributed by atoms with Gasteiger partial charge in [0.1, 0.15) is 5.69 Å². The van der Waals surface area contributed by atoms with Crippen LogP contribution in [0.1, 0.15) is 17.3 Å². The zero-order valence-electron chi connectivity index (χ0n) is 10.2. The number of carbonyl (C=O) groups is 1. The number of rotatable bonds is 5. The van der Waals surface area contributed by atoms with Crippen molar-refractivity contribution in [3.05, 3.63) is 33.9 Å². The van der Waals surface area contributed by atoms with Gasteiger partial charge < -0.3 is 11.1 Å². The van der Waals surface area contributed by atoms with Crippen LogP contribution < -0.4 is 11.1 Å². The van der Waals surface area contributed by atoms with Crippen molar-refractivity contribution < 1.29 is 9.72 Å². The maximum absolute atomic E-state index is 11.8. The lowest BCUT2D eigenvalue weighted by atomic mass is 10.1. The molecule has 3 N–H and O–H groups in total. The van der Waals surface area contributed by atoms with E-state index in [2.05, 4.69) is 5.32 Å². The Kier molecular flexibility index (Phi) is 4.96. The van der Waals surface area contributed by atoms with E-state index in [4.69, 9.17) is 5.73 Å². The Balaban J connectivity index is 2.80. The van der Waals surface area contributed by atoms with Gasteiger partial charge in [-0.05, 0) is 18.4 Å². The van der Waals surface area contributed by atoms with Crippen molar-refractivity contribution in [2.75, 3.05) is 18.5 Å². The summed E-state index contributed by atoms with van der Waals surface area (Å²) < 4.78 is 0. The van der Waals surface area contributed by atoms with Crippen molar-refractivity contribution in [1.82, 2.24) is 5.32 Å². The van der Waals surface area contributed by atoms with Gasteiger partial charge in [-0.3, -0.25) is 14.9 Å². The number of hydrogen-bond acceptors (Lipinski definition) is 5. The summed E-state index contributed by atoms with van der Waals surface area (Å²) >= 11 is 1.63. The fourth-order valence-corrected chi connectivity index (χ4v) is 1.51. The van der Waals surface area contributed by atoms with E-state index >= 15 is 0 Å². The molecule has 0 saturated heterocycles. The van der Waals surface area contributed by atoms with Crippen LogP contribution in [0.2, 0.25) is 0 Å². The van der Waals surface area contributed by atoms with E-state index < -0.39 is 4.92 Å². The molecule has 0 aliphatic rings. The first kappa shape index (κ1) is 14.3. The largest absolute Gasteiger partial charge is 0.393 e. The molecule has 0 radical (unpaired) electrons. The fourth-order valence-electron chi connectivity index (χ4n) is 1.26. The Bertz CT molecular complexity index is 465. The van der Waals surface area contributed by atoms with E-state index in [9.17, 15) is 14.9 Å². The number of nitrogen functional groups attached to an aromatic ring is 1. The number of hydrogen-bond donors (Lipinski definition) is 2. The van der Waals surface area contributed by atoms with Crippen LogP contribution in [0.15, 0.2) is 18.2 Å². The minimum absolute atomic E-state index is 0.0500. The molecule has 0 spiro atoms. The topological polar surface area (TPSA) is 98.3 Å². The Labute approximate surface area is 109 Å². The molecule has 18 heavy (non-hydrogen) atoms. The summed E-state index contributed by atoms with van der Waals surface area (Å²) in [6.07, 6.45) is 1.95. The van der Waals surface area contributed by atoms with Gasteiger partial charge in [0, 0.05) is 23.4 Å².